The van der Waals surface area contributed by atoms with Gasteiger partial charge in [-0.2, -0.15) is 0 Å². The molecule has 0 fully saturated rings. The molecule has 0 aliphatic rings. The van der Waals surface area contributed by atoms with Crippen LogP contribution in [0, 0.1) is 0 Å². The van der Waals surface area contributed by atoms with Crippen molar-refractivity contribution in [1.29, 1.82) is 0 Å². The first-order valence-electron chi connectivity index (χ1n) is 9.54. The number of thioether (sulfide) groups is 1. The smallest absolute Gasteiger partial charge is 0.262 e. The topological polar surface area (TPSA) is 64.0 Å². The lowest BCUT2D eigenvalue weighted by Gasteiger charge is -2.15. The van der Waals surface area contributed by atoms with Gasteiger partial charge in [-0.1, -0.05) is 67.6 Å². The fourth-order valence-corrected chi connectivity index (χ4v) is 3.92. The molecule has 0 unspecified atom stereocenters. The van der Waals surface area contributed by atoms with Crippen LogP contribution in [0.5, 0.6) is 0 Å². The molecular formula is C22H25N3O2S. The first kappa shape index (κ1) is 20.1. The highest BCUT2D eigenvalue weighted by molar-refractivity contribution is 7.99. The van der Waals surface area contributed by atoms with Gasteiger partial charge in [0.1, 0.15) is 0 Å². The Hall–Kier alpha value is -2.60. The summed E-state index contributed by atoms with van der Waals surface area (Å²) in [6.45, 7) is 4.53. The SMILES string of the molecule is CCC[C@H](C)NC(=O)CSc1nc2ccccc2c(=O)n1Cc1ccccc1. The predicted octanol–water partition coefficient (Wildman–Crippen LogP) is 3.84. The zero-order chi connectivity index (χ0) is 19.9. The summed E-state index contributed by atoms with van der Waals surface area (Å²) < 4.78 is 1.66. The van der Waals surface area contributed by atoms with Gasteiger partial charge in [0, 0.05) is 6.04 Å². The zero-order valence-corrected chi connectivity index (χ0v) is 17.0. The summed E-state index contributed by atoms with van der Waals surface area (Å²) in [6.07, 6.45) is 1.97. The molecule has 146 valence electrons. The van der Waals surface area contributed by atoms with E-state index in [9.17, 15) is 9.59 Å². The van der Waals surface area contributed by atoms with E-state index < -0.39 is 0 Å². The molecule has 28 heavy (non-hydrogen) atoms. The fourth-order valence-electron chi connectivity index (χ4n) is 3.12. The van der Waals surface area contributed by atoms with Crippen LogP contribution in [-0.4, -0.2) is 27.3 Å². The number of nitrogens with one attached hydrogen (secondary N) is 1. The number of hydrogen-bond donors (Lipinski definition) is 1. The number of hydrogen-bond acceptors (Lipinski definition) is 4. The number of aromatic nitrogens is 2. The van der Waals surface area contributed by atoms with Crippen molar-refractivity contribution >= 4 is 28.6 Å². The van der Waals surface area contributed by atoms with Crippen molar-refractivity contribution in [3.63, 3.8) is 0 Å². The van der Waals surface area contributed by atoms with Crippen molar-refractivity contribution in [2.75, 3.05) is 5.75 Å². The summed E-state index contributed by atoms with van der Waals surface area (Å²) in [5, 5.41) is 4.14. The van der Waals surface area contributed by atoms with Gasteiger partial charge in [-0.3, -0.25) is 14.2 Å². The average Bonchev–Trinajstić information content (AvgIpc) is 2.70. The van der Waals surface area contributed by atoms with E-state index in [1.54, 1.807) is 10.6 Å². The Morgan fingerprint density at radius 1 is 1.14 bits per heavy atom. The lowest BCUT2D eigenvalue weighted by Crippen LogP contribution is -2.34. The Labute approximate surface area is 169 Å². The number of para-hydroxylation sites is 1. The van der Waals surface area contributed by atoms with Crippen LogP contribution in [0.1, 0.15) is 32.3 Å². The third-order valence-electron chi connectivity index (χ3n) is 4.47. The third-order valence-corrected chi connectivity index (χ3v) is 5.45. The summed E-state index contributed by atoms with van der Waals surface area (Å²) in [5.74, 6) is 0.188. The Morgan fingerprint density at radius 3 is 2.61 bits per heavy atom. The predicted molar refractivity (Wildman–Crippen MR) is 115 cm³/mol. The molecule has 0 bridgehead atoms. The lowest BCUT2D eigenvalue weighted by molar-refractivity contribution is -0.119. The number of carbonyl (C=O) groups excluding carboxylic acids is 1. The van der Waals surface area contributed by atoms with Crippen molar-refractivity contribution in [1.82, 2.24) is 14.9 Å². The minimum Gasteiger partial charge on any atom is -0.353 e. The van der Waals surface area contributed by atoms with E-state index in [0.717, 1.165) is 18.4 Å². The molecule has 1 atom stereocenters. The summed E-state index contributed by atoms with van der Waals surface area (Å²) in [6, 6.07) is 17.3. The Kier molecular flexibility index (Phi) is 6.87. The molecule has 1 N–H and O–H groups in total. The molecule has 0 spiro atoms. The second-order valence-corrected chi connectivity index (χ2v) is 7.78. The molecule has 3 rings (SSSR count). The number of rotatable bonds is 8. The van der Waals surface area contributed by atoms with Crippen molar-refractivity contribution in [2.24, 2.45) is 0 Å². The zero-order valence-electron chi connectivity index (χ0n) is 16.2. The van der Waals surface area contributed by atoms with E-state index in [4.69, 9.17) is 0 Å². The molecule has 1 aromatic heterocycles. The van der Waals surface area contributed by atoms with Gasteiger partial charge in [-0.05, 0) is 31.0 Å². The largest absolute Gasteiger partial charge is 0.353 e. The highest BCUT2D eigenvalue weighted by Gasteiger charge is 2.14. The standard InChI is InChI=1S/C22H25N3O2S/c1-3-9-16(2)23-20(26)15-28-22-24-19-13-8-7-12-18(19)21(27)25(22)14-17-10-5-4-6-11-17/h4-8,10-13,16H,3,9,14-15H2,1-2H3,(H,23,26)/t16-/m0/s1. The quantitative estimate of drug-likeness (QED) is 0.465. The molecule has 1 heterocycles. The van der Waals surface area contributed by atoms with Crippen LogP contribution in [0.25, 0.3) is 10.9 Å². The van der Waals surface area contributed by atoms with Crippen molar-refractivity contribution in [3.05, 3.63) is 70.5 Å². The van der Waals surface area contributed by atoms with E-state index in [-0.39, 0.29) is 23.3 Å². The molecule has 0 saturated carbocycles. The van der Waals surface area contributed by atoms with E-state index >= 15 is 0 Å². The maximum absolute atomic E-state index is 13.1. The molecule has 1 amide bonds. The molecule has 6 heteroatoms. The fraction of sp³-hybridized carbons (Fsp3) is 0.318. The van der Waals surface area contributed by atoms with Crippen LogP contribution in [0.15, 0.2) is 64.5 Å². The highest BCUT2D eigenvalue weighted by atomic mass is 32.2. The van der Waals surface area contributed by atoms with Gasteiger partial charge in [0.05, 0.1) is 23.2 Å². The molecule has 0 radical (unpaired) electrons. The number of carbonyl (C=O) groups is 1. The normalized spacial score (nSPS) is 12.1. The van der Waals surface area contributed by atoms with E-state index in [1.807, 2.05) is 55.5 Å². The van der Waals surface area contributed by atoms with Gasteiger partial charge in [-0.15, -0.1) is 0 Å². The van der Waals surface area contributed by atoms with E-state index in [2.05, 4.69) is 17.2 Å². The first-order valence-corrected chi connectivity index (χ1v) is 10.5. The summed E-state index contributed by atoms with van der Waals surface area (Å²) in [4.78, 5) is 30.0. The van der Waals surface area contributed by atoms with Crippen LogP contribution in [0.4, 0.5) is 0 Å². The Balaban J connectivity index is 1.88. The van der Waals surface area contributed by atoms with Crippen LogP contribution < -0.4 is 10.9 Å². The monoisotopic (exact) mass is 395 g/mol. The molecule has 3 aromatic rings. The molecule has 2 aromatic carbocycles. The van der Waals surface area contributed by atoms with E-state index in [0.29, 0.717) is 22.6 Å². The second kappa shape index (κ2) is 9.55. The van der Waals surface area contributed by atoms with Crippen molar-refractivity contribution in [2.45, 2.75) is 44.4 Å². The number of nitrogens with zero attached hydrogens (tertiary/aromatic N) is 2. The average molecular weight is 396 g/mol. The van der Waals surface area contributed by atoms with Gasteiger partial charge >= 0.3 is 0 Å². The van der Waals surface area contributed by atoms with Gasteiger partial charge in [0.15, 0.2) is 5.16 Å². The number of benzene rings is 2. The van der Waals surface area contributed by atoms with Crippen LogP contribution in [0.3, 0.4) is 0 Å². The van der Waals surface area contributed by atoms with Gasteiger partial charge < -0.3 is 5.32 Å². The van der Waals surface area contributed by atoms with Gasteiger partial charge in [-0.25, -0.2) is 4.98 Å². The second-order valence-electron chi connectivity index (χ2n) is 6.83. The highest BCUT2D eigenvalue weighted by Crippen LogP contribution is 2.19. The maximum atomic E-state index is 13.1. The molecule has 0 aliphatic carbocycles. The maximum Gasteiger partial charge on any atom is 0.262 e. The summed E-state index contributed by atoms with van der Waals surface area (Å²) >= 11 is 1.30. The lowest BCUT2D eigenvalue weighted by atomic mass is 10.2. The summed E-state index contributed by atoms with van der Waals surface area (Å²) in [5.41, 5.74) is 1.58. The van der Waals surface area contributed by atoms with Crippen LogP contribution in [0.2, 0.25) is 0 Å². The van der Waals surface area contributed by atoms with Crippen molar-refractivity contribution in [3.8, 4) is 0 Å². The molecule has 5 nitrogen and oxygen atoms in total. The Bertz CT molecular complexity index is 1000. The molecular weight excluding hydrogens is 370 g/mol. The minimum absolute atomic E-state index is 0.0420. The van der Waals surface area contributed by atoms with Gasteiger partial charge in [0.25, 0.3) is 5.56 Å². The summed E-state index contributed by atoms with van der Waals surface area (Å²) in [7, 11) is 0. The molecule has 0 aliphatic heterocycles. The van der Waals surface area contributed by atoms with E-state index in [1.165, 1.54) is 11.8 Å². The van der Waals surface area contributed by atoms with Crippen molar-refractivity contribution < 1.29 is 4.79 Å². The first-order chi connectivity index (χ1) is 13.6. The third kappa shape index (κ3) is 5.01. The Morgan fingerprint density at radius 2 is 1.86 bits per heavy atom. The minimum atomic E-state index is -0.0864. The number of fused-ring (bicyclic) bond motifs is 1. The van der Waals surface area contributed by atoms with Crippen LogP contribution >= 0.6 is 11.8 Å². The van der Waals surface area contributed by atoms with Crippen LogP contribution in [-0.2, 0) is 11.3 Å². The van der Waals surface area contributed by atoms with Gasteiger partial charge in [0.2, 0.25) is 5.91 Å². The molecule has 0 saturated heterocycles. The number of amides is 1.